The summed E-state index contributed by atoms with van der Waals surface area (Å²) in [5.41, 5.74) is 2.31. The number of thiophene rings is 1. The maximum absolute atomic E-state index is 12.4. The van der Waals surface area contributed by atoms with Crippen molar-refractivity contribution < 1.29 is 4.79 Å². The molecule has 102 valence electrons. The van der Waals surface area contributed by atoms with E-state index in [1.807, 2.05) is 17.5 Å². The third-order valence-corrected chi connectivity index (χ3v) is 5.65. The predicted molar refractivity (Wildman–Crippen MR) is 80.7 cm³/mol. The first-order chi connectivity index (χ1) is 9.74. The second kappa shape index (κ2) is 4.43. The quantitative estimate of drug-likeness (QED) is 0.808. The molecule has 6 heteroatoms. The molecule has 20 heavy (non-hydrogen) atoms. The molecule has 1 saturated carbocycles. The van der Waals surface area contributed by atoms with Gasteiger partial charge in [-0.2, -0.15) is 11.3 Å². The molecule has 0 aliphatic heterocycles. The Balaban J connectivity index is 1.51. The van der Waals surface area contributed by atoms with E-state index in [-0.39, 0.29) is 11.9 Å². The minimum Gasteiger partial charge on any atom is -0.348 e. The van der Waals surface area contributed by atoms with Gasteiger partial charge < -0.3 is 5.32 Å². The summed E-state index contributed by atoms with van der Waals surface area (Å²) >= 11 is 3.16. The standard InChI is InChI=1S/C14H13N3OS2/c1-8-12(20-14-15-3-4-17(8)14)13(18)16-11-6-10(11)9-2-5-19-7-9/h2-5,7,10-11H,6H2,1H3,(H,16,18)/t10-,11+/m0/s1. The summed E-state index contributed by atoms with van der Waals surface area (Å²) in [6, 6.07) is 2.43. The molecule has 1 aliphatic rings. The van der Waals surface area contributed by atoms with Crippen LogP contribution in [0.4, 0.5) is 0 Å². The highest BCUT2D eigenvalue weighted by molar-refractivity contribution is 7.19. The number of rotatable bonds is 3. The lowest BCUT2D eigenvalue weighted by Crippen LogP contribution is -2.26. The molecule has 0 radical (unpaired) electrons. The lowest BCUT2D eigenvalue weighted by molar-refractivity contribution is 0.0953. The molecule has 3 aromatic heterocycles. The van der Waals surface area contributed by atoms with E-state index in [1.165, 1.54) is 16.9 Å². The van der Waals surface area contributed by atoms with Crippen LogP contribution in [0.15, 0.2) is 29.2 Å². The minimum absolute atomic E-state index is 0.0285. The zero-order valence-corrected chi connectivity index (χ0v) is 12.5. The van der Waals surface area contributed by atoms with E-state index in [1.54, 1.807) is 17.5 Å². The number of aromatic nitrogens is 2. The predicted octanol–water partition coefficient (Wildman–Crippen LogP) is 3.05. The number of thiazole rings is 1. The van der Waals surface area contributed by atoms with E-state index < -0.39 is 0 Å². The van der Waals surface area contributed by atoms with Gasteiger partial charge in [-0.1, -0.05) is 11.3 Å². The number of carbonyl (C=O) groups is 1. The van der Waals surface area contributed by atoms with Crippen molar-refractivity contribution in [3.63, 3.8) is 0 Å². The van der Waals surface area contributed by atoms with Gasteiger partial charge in [-0.25, -0.2) is 4.98 Å². The van der Waals surface area contributed by atoms with Crippen molar-refractivity contribution in [3.05, 3.63) is 45.4 Å². The zero-order chi connectivity index (χ0) is 13.7. The van der Waals surface area contributed by atoms with Gasteiger partial charge in [0, 0.05) is 30.0 Å². The van der Waals surface area contributed by atoms with E-state index >= 15 is 0 Å². The largest absolute Gasteiger partial charge is 0.348 e. The van der Waals surface area contributed by atoms with E-state index in [9.17, 15) is 4.79 Å². The molecule has 0 saturated heterocycles. The molecule has 0 spiro atoms. The average molecular weight is 303 g/mol. The van der Waals surface area contributed by atoms with Gasteiger partial charge in [0.05, 0.1) is 0 Å². The van der Waals surface area contributed by atoms with E-state index in [0.29, 0.717) is 5.92 Å². The topological polar surface area (TPSA) is 46.4 Å². The van der Waals surface area contributed by atoms with Gasteiger partial charge in [0.1, 0.15) is 4.88 Å². The van der Waals surface area contributed by atoms with Crippen LogP contribution >= 0.6 is 22.7 Å². The van der Waals surface area contributed by atoms with Crippen LogP contribution in [0.1, 0.15) is 33.3 Å². The van der Waals surface area contributed by atoms with Crippen LogP contribution in [0.2, 0.25) is 0 Å². The van der Waals surface area contributed by atoms with Crippen LogP contribution < -0.4 is 5.32 Å². The molecular weight excluding hydrogens is 290 g/mol. The molecule has 1 N–H and O–H groups in total. The third-order valence-electron chi connectivity index (χ3n) is 3.77. The van der Waals surface area contributed by atoms with Crippen LogP contribution in [-0.4, -0.2) is 21.3 Å². The lowest BCUT2D eigenvalue weighted by atomic mass is 10.2. The number of imidazole rings is 1. The second-order valence-electron chi connectivity index (χ2n) is 5.08. The van der Waals surface area contributed by atoms with Gasteiger partial charge in [0.25, 0.3) is 5.91 Å². The van der Waals surface area contributed by atoms with Crippen LogP contribution in [0.5, 0.6) is 0 Å². The summed E-state index contributed by atoms with van der Waals surface area (Å²) in [5, 5.41) is 7.39. The van der Waals surface area contributed by atoms with Crippen molar-refractivity contribution in [1.29, 1.82) is 0 Å². The average Bonchev–Trinajstić information content (AvgIpc) is 2.90. The summed E-state index contributed by atoms with van der Waals surface area (Å²) in [6.07, 6.45) is 4.70. The summed E-state index contributed by atoms with van der Waals surface area (Å²) in [5.74, 6) is 0.523. The number of carbonyl (C=O) groups excluding carboxylic acids is 1. The fourth-order valence-electron chi connectivity index (χ4n) is 2.55. The van der Waals surface area contributed by atoms with Crippen molar-refractivity contribution in [3.8, 4) is 0 Å². The van der Waals surface area contributed by atoms with E-state index in [2.05, 4.69) is 27.1 Å². The Hall–Kier alpha value is -1.66. The molecule has 2 atom stereocenters. The number of fused-ring (bicyclic) bond motifs is 1. The van der Waals surface area contributed by atoms with Gasteiger partial charge in [-0.15, -0.1) is 0 Å². The second-order valence-corrected chi connectivity index (χ2v) is 6.83. The molecule has 3 heterocycles. The van der Waals surface area contributed by atoms with Crippen molar-refractivity contribution in [2.75, 3.05) is 0 Å². The molecule has 3 aromatic rings. The molecule has 4 rings (SSSR count). The van der Waals surface area contributed by atoms with Crippen LogP contribution in [0.25, 0.3) is 4.96 Å². The Kier molecular flexibility index (Phi) is 2.68. The van der Waals surface area contributed by atoms with Crippen molar-refractivity contribution >= 4 is 33.5 Å². The van der Waals surface area contributed by atoms with Gasteiger partial charge in [0.15, 0.2) is 4.96 Å². The van der Waals surface area contributed by atoms with Crippen LogP contribution in [0.3, 0.4) is 0 Å². The highest BCUT2D eigenvalue weighted by Crippen LogP contribution is 2.41. The first-order valence-electron chi connectivity index (χ1n) is 6.49. The Morgan fingerprint density at radius 3 is 3.20 bits per heavy atom. The lowest BCUT2D eigenvalue weighted by Gasteiger charge is -2.03. The van der Waals surface area contributed by atoms with Gasteiger partial charge in [-0.3, -0.25) is 9.20 Å². The molecule has 1 amide bonds. The van der Waals surface area contributed by atoms with Crippen molar-refractivity contribution in [1.82, 2.24) is 14.7 Å². The molecule has 0 unspecified atom stereocenters. The smallest absolute Gasteiger partial charge is 0.263 e. The van der Waals surface area contributed by atoms with E-state index in [4.69, 9.17) is 0 Å². The zero-order valence-electron chi connectivity index (χ0n) is 10.9. The number of nitrogens with zero attached hydrogens (tertiary/aromatic N) is 2. The summed E-state index contributed by atoms with van der Waals surface area (Å²) in [6.45, 7) is 1.96. The number of aryl methyl sites for hydroxylation is 1. The highest BCUT2D eigenvalue weighted by Gasteiger charge is 2.40. The SMILES string of the molecule is Cc1c(C(=O)N[C@@H]2C[C@H]2c2ccsc2)sc2nccn12. The fraction of sp³-hybridized carbons (Fsp3) is 0.286. The Labute approximate surface area is 124 Å². The Bertz CT molecular complexity index is 772. The number of nitrogens with one attached hydrogen (secondary N) is 1. The Morgan fingerprint density at radius 2 is 2.45 bits per heavy atom. The third kappa shape index (κ3) is 1.87. The molecular formula is C14H13N3OS2. The molecule has 4 nitrogen and oxygen atoms in total. The van der Waals surface area contributed by atoms with Crippen molar-refractivity contribution in [2.24, 2.45) is 0 Å². The maximum atomic E-state index is 12.4. The molecule has 0 aromatic carbocycles. The van der Waals surface area contributed by atoms with Crippen LogP contribution in [-0.2, 0) is 0 Å². The first-order valence-corrected chi connectivity index (χ1v) is 8.25. The van der Waals surface area contributed by atoms with E-state index in [0.717, 1.165) is 22.0 Å². The van der Waals surface area contributed by atoms with Gasteiger partial charge in [-0.05, 0) is 35.7 Å². The maximum Gasteiger partial charge on any atom is 0.263 e. The normalized spacial score (nSPS) is 21.2. The summed E-state index contributed by atoms with van der Waals surface area (Å²) < 4.78 is 1.96. The molecule has 1 aliphatic carbocycles. The molecule has 0 bridgehead atoms. The van der Waals surface area contributed by atoms with Gasteiger partial charge >= 0.3 is 0 Å². The fourth-order valence-corrected chi connectivity index (χ4v) is 4.26. The van der Waals surface area contributed by atoms with Crippen LogP contribution in [0, 0.1) is 6.92 Å². The van der Waals surface area contributed by atoms with Crippen molar-refractivity contribution in [2.45, 2.75) is 25.3 Å². The highest BCUT2D eigenvalue weighted by atomic mass is 32.1. The monoisotopic (exact) mass is 303 g/mol. The number of hydrogen-bond donors (Lipinski definition) is 1. The van der Waals surface area contributed by atoms with Gasteiger partial charge in [0.2, 0.25) is 0 Å². The summed E-state index contributed by atoms with van der Waals surface area (Å²) in [7, 11) is 0. The minimum atomic E-state index is 0.0285. The summed E-state index contributed by atoms with van der Waals surface area (Å²) in [4.78, 5) is 18.2. The molecule has 1 fully saturated rings. The number of hydrogen-bond acceptors (Lipinski definition) is 4. The Morgan fingerprint density at radius 1 is 1.55 bits per heavy atom. The number of amides is 1. The first kappa shape index (κ1) is 12.1.